The van der Waals surface area contributed by atoms with E-state index in [-0.39, 0.29) is 16.9 Å². The number of amides is 1. The molecule has 1 aliphatic rings. The van der Waals surface area contributed by atoms with Crippen molar-refractivity contribution in [1.29, 1.82) is 0 Å². The van der Waals surface area contributed by atoms with Crippen LogP contribution in [-0.4, -0.2) is 50.2 Å². The van der Waals surface area contributed by atoms with Crippen LogP contribution in [0.15, 0.2) is 0 Å². The average molecular weight is 298 g/mol. The molecule has 0 aromatic carbocycles. The number of nitrogens with one attached hydrogen (secondary N) is 1. The number of hydrogen-bond acceptors (Lipinski definition) is 3. The van der Waals surface area contributed by atoms with E-state index in [1.165, 1.54) is 0 Å². The van der Waals surface area contributed by atoms with Crippen LogP contribution in [0.3, 0.4) is 0 Å². The van der Waals surface area contributed by atoms with Gasteiger partial charge in [-0.25, -0.2) is 0 Å². The molecule has 1 saturated heterocycles. The Morgan fingerprint density at radius 2 is 2.05 bits per heavy atom. The highest BCUT2D eigenvalue weighted by Crippen LogP contribution is 2.44. The van der Waals surface area contributed by atoms with Crippen molar-refractivity contribution in [1.82, 2.24) is 10.2 Å². The Balaban J connectivity index is 2.48. The fourth-order valence-corrected chi connectivity index (χ4v) is 3.60. The highest BCUT2D eigenvalue weighted by atomic mass is 16.5. The molecule has 1 heterocycles. The molecule has 0 spiro atoms. The summed E-state index contributed by atoms with van der Waals surface area (Å²) in [7, 11) is 4.12. The van der Waals surface area contributed by atoms with Crippen molar-refractivity contribution in [3.8, 4) is 0 Å². The van der Waals surface area contributed by atoms with Gasteiger partial charge in [-0.1, -0.05) is 13.3 Å². The van der Waals surface area contributed by atoms with Gasteiger partial charge in [0.2, 0.25) is 5.91 Å². The lowest BCUT2D eigenvalue weighted by Gasteiger charge is -2.44. The molecule has 0 unspecified atom stereocenters. The third-order valence-electron chi connectivity index (χ3n) is 4.35. The molecule has 1 atom stereocenters. The van der Waals surface area contributed by atoms with Crippen molar-refractivity contribution in [3.63, 3.8) is 0 Å². The third-order valence-corrected chi connectivity index (χ3v) is 4.35. The molecule has 1 fully saturated rings. The fourth-order valence-electron chi connectivity index (χ4n) is 3.60. The highest BCUT2D eigenvalue weighted by Gasteiger charge is 2.41. The van der Waals surface area contributed by atoms with Crippen LogP contribution in [0.25, 0.3) is 0 Å². The Morgan fingerprint density at radius 1 is 1.33 bits per heavy atom. The maximum Gasteiger partial charge on any atom is 0.220 e. The van der Waals surface area contributed by atoms with Crippen molar-refractivity contribution in [2.24, 2.45) is 5.41 Å². The molecule has 0 aromatic rings. The number of carbonyl (C=O) groups is 1. The first-order valence-electron chi connectivity index (χ1n) is 8.34. The Hall–Kier alpha value is -0.610. The van der Waals surface area contributed by atoms with E-state index in [1.807, 2.05) is 0 Å². The van der Waals surface area contributed by atoms with Crippen LogP contribution in [0.2, 0.25) is 0 Å². The van der Waals surface area contributed by atoms with Crippen molar-refractivity contribution >= 4 is 5.91 Å². The van der Waals surface area contributed by atoms with Crippen LogP contribution >= 0.6 is 0 Å². The number of ether oxygens (including phenoxy) is 1. The summed E-state index contributed by atoms with van der Waals surface area (Å²) < 4.78 is 5.84. The first-order chi connectivity index (χ1) is 9.79. The smallest absolute Gasteiger partial charge is 0.220 e. The topological polar surface area (TPSA) is 41.6 Å². The molecule has 4 heteroatoms. The average Bonchev–Trinajstić information content (AvgIpc) is 2.33. The van der Waals surface area contributed by atoms with E-state index in [9.17, 15) is 4.79 Å². The van der Waals surface area contributed by atoms with Gasteiger partial charge in [0.1, 0.15) is 0 Å². The highest BCUT2D eigenvalue weighted by molar-refractivity contribution is 5.76. The first-order valence-corrected chi connectivity index (χ1v) is 8.34. The molecule has 1 N–H and O–H groups in total. The van der Waals surface area contributed by atoms with E-state index >= 15 is 0 Å². The molecular formula is C17H34N2O2. The van der Waals surface area contributed by atoms with E-state index < -0.39 is 0 Å². The predicted molar refractivity (Wildman–Crippen MR) is 87.4 cm³/mol. The van der Waals surface area contributed by atoms with Gasteiger partial charge in [0.15, 0.2) is 0 Å². The summed E-state index contributed by atoms with van der Waals surface area (Å²) in [5.74, 6) is 0.208. The van der Waals surface area contributed by atoms with Gasteiger partial charge in [-0.15, -0.1) is 0 Å². The molecule has 124 valence electrons. The summed E-state index contributed by atoms with van der Waals surface area (Å²) in [6.45, 7) is 9.07. The largest absolute Gasteiger partial charge is 0.376 e. The summed E-state index contributed by atoms with van der Waals surface area (Å²) in [6, 6.07) is 0. The van der Waals surface area contributed by atoms with Crippen LogP contribution in [0.1, 0.15) is 59.3 Å². The monoisotopic (exact) mass is 298 g/mol. The molecule has 0 radical (unpaired) electrons. The second kappa shape index (κ2) is 8.14. The van der Waals surface area contributed by atoms with E-state index in [1.54, 1.807) is 0 Å². The maximum atomic E-state index is 12.3. The van der Waals surface area contributed by atoms with Gasteiger partial charge in [0.05, 0.1) is 5.60 Å². The minimum absolute atomic E-state index is 0.0986. The Kier molecular flexibility index (Phi) is 7.14. The number of hydrogen-bond donors (Lipinski definition) is 1. The number of carbonyl (C=O) groups excluding carboxylic acids is 1. The molecule has 0 bridgehead atoms. The maximum absolute atomic E-state index is 12.3. The van der Waals surface area contributed by atoms with Gasteiger partial charge in [-0.3, -0.25) is 4.79 Å². The van der Waals surface area contributed by atoms with Gasteiger partial charge < -0.3 is 15.0 Å². The zero-order chi connectivity index (χ0) is 15.9. The standard InChI is InChI=1S/C17H34N2O2/c1-6-8-17(9-12-21-16(2,3)14-17)13-15(20)18-10-7-11-19(4)5/h6-14H2,1-5H3,(H,18,20)/t17-/m1/s1. The van der Waals surface area contributed by atoms with Gasteiger partial charge in [-0.2, -0.15) is 0 Å². The van der Waals surface area contributed by atoms with E-state index in [0.717, 1.165) is 51.8 Å². The van der Waals surface area contributed by atoms with Crippen molar-refractivity contribution in [2.75, 3.05) is 33.8 Å². The number of rotatable bonds is 8. The van der Waals surface area contributed by atoms with Crippen molar-refractivity contribution < 1.29 is 9.53 Å². The minimum atomic E-state index is -0.0986. The Morgan fingerprint density at radius 3 is 2.62 bits per heavy atom. The fraction of sp³-hybridized carbons (Fsp3) is 0.941. The first kappa shape index (κ1) is 18.4. The molecular weight excluding hydrogens is 264 g/mol. The predicted octanol–water partition coefficient (Wildman–Crippen LogP) is 2.82. The summed E-state index contributed by atoms with van der Waals surface area (Å²) in [4.78, 5) is 14.4. The summed E-state index contributed by atoms with van der Waals surface area (Å²) in [5.41, 5.74) is 0.0285. The Bertz CT molecular complexity index is 325. The molecule has 21 heavy (non-hydrogen) atoms. The lowest BCUT2D eigenvalue weighted by molar-refractivity contribution is -0.134. The molecule has 4 nitrogen and oxygen atoms in total. The van der Waals surface area contributed by atoms with Crippen molar-refractivity contribution in [3.05, 3.63) is 0 Å². The molecule has 1 amide bonds. The zero-order valence-electron chi connectivity index (χ0n) is 14.6. The van der Waals surface area contributed by atoms with E-state index in [0.29, 0.717) is 6.42 Å². The normalized spacial score (nSPS) is 25.0. The summed E-state index contributed by atoms with van der Waals surface area (Å²) in [6.07, 6.45) is 5.90. The van der Waals surface area contributed by atoms with Crippen molar-refractivity contribution in [2.45, 2.75) is 64.9 Å². The van der Waals surface area contributed by atoms with Crippen LogP contribution in [0.5, 0.6) is 0 Å². The molecule has 0 aliphatic carbocycles. The van der Waals surface area contributed by atoms with Crippen LogP contribution in [0.4, 0.5) is 0 Å². The SMILES string of the molecule is CCC[C@]1(CC(=O)NCCCN(C)C)CCOC(C)(C)C1. The molecule has 0 aromatic heterocycles. The second-order valence-electron chi connectivity index (χ2n) is 7.47. The Labute approximate surface area is 130 Å². The lowest BCUT2D eigenvalue weighted by atomic mass is 9.69. The molecule has 0 saturated carbocycles. The third kappa shape index (κ3) is 6.79. The van der Waals surface area contributed by atoms with Crippen LogP contribution in [-0.2, 0) is 9.53 Å². The van der Waals surface area contributed by atoms with E-state index in [2.05, 4.69) is 45.1 Å². The molecule has 1 rings (SSSR count). The minimum Gasteiger partial charge on any atom is -0.376 e. The zero-order valence-corrected chi connectivity index (χ0v) is 14.6. The van der Waals surface area contributed by atoms with E-state index in [4.69, 9.17) is 4.74 Å². The van der Waals surface area contributed by atoms with Gasteiger partial charge >= 0.3 is 0 Å². The van der Waals surface area contributed by atoms with Crippen LogP contribution in [0, 0.1) is 5.41 Å². The van der Waals surface area contributed by atoms with Gasteiger partial charge in [0.25, 0.3) is 0 Å². The second-order valence-corrected chi connectivity index (χ2v) is 7.47. The summed E-state index contributed by atoms with van der Waals surface area (Å²) in [5, 5.41) is 3.09. The lowest BCUT2D eigenvalue weighted by Crippen LogP contribution is -2.44. The van der Waals surface area contributed by atoms with Gasteiger partial charge in [0, 0.05) is 19.6 Å². The van der Waals surface area contributed by atoms with Gasteiger partial charge in [-0.05, 0) is 65.6 Å². The molecule has 1 aliphatic heterocycles. The summed E-state index contributed by atoms with van der Waals surface area (Å²) >= 11 is 0. The number of nitrogens with zero attached hydrogens (tertiary/aromatic N) is 1. The van der Waals surface area contributed by atoms with Crippen LogP contribution < -0.4 is 5.32 Å². The quantitative estimate of drug-likeness (QED) is 0.701.